The first kappa shape index (κ1) is 13.5. The third kappa shape index (κ3) is 3.51. The van der Waals surface area contributed by atoms with Crippen LogP contribution < -0.4 is 10.1 Å². The van der Waals surface area contributed by atoms with Crippen molar-refractivity contribution >= 4 is 0 Å². The molecule has 0 spiro atoms. The van der Waals surface area contributed by atoms with E-state index in [4.69, 9.17) is 9.15 Å². The molecule has 1 aromatic carbocycles. The highest BCUT2D eigenvalue weighted by Crippen LogP contribution is 2.19. The summed E-state index contributed by atoms with van der Waals surface area (Å²) in [6.45, 7) is 2.59. The monoisotopic (exact) mass is 265 g/mol. The van der Waals surface area contributed by atoms with Crippen molar-refractivity contribution in [3.05, 3.63) is 41.4 Å². The van der Waals surface area contributed by atoms with Gasteiger partial charge >= 0.3 is 0 Å². The lowest BCUT2D eigenvalue weighted by molar-refractivity contribution is 0.248. The second kappa shape index (κ2) is 6.29. The van der Waals surface area contributed by atoms with Crippen LogP contribution in [0.4, 0.5) is 4.39 Å². The van der Waals surface area contributed by atoms with Crippen LogP contribution >= 0.6 is 0 Å². The Balaban J connectivity index is 1.99. The SMILES string of the molecule is CCc1nnc(COc2ccc(CNC)cc2F)o1. The molecule has 0 fully saturated rings. The smallest absolute Gasteiger partial charge is 0.253 e. The van der Waals surface area contributed by atoms with Crippen molar-refractivity contribution in [1.29, 1.82) is 0 Å². The van der Waals surface area contributed by atoms with Gasteiger partial charge in [0.05, 0.1) is 0 Å². The highest BCUT2D eigenvalue weighted by molar-refractivity contribution is 5.29. The van der Waals surface area contributed by atoms with Crippen LogP contribution in [0.15, 0.2) is 22.6 Å². The van der Waals surface area contributed by atoms with Gasteiger partial charge in [0.1, 0.15) is 0 Å². The van der Waals surface area contributed by atoms with Gasteiger partial charge in [-0.2, -0.15) is 0 Å². The first-order valence-electron chi connectivity index (χ1n) is 6.10. The van der Waals surface area contributed by atoms with Crippen LogP contribution in [0.3, 0.4) is 0 Å². The summed E-state index contributed by atoms with van der Waals surface area (Å²) in [6, 6.07) is 4.84. The van der Waals surface area contributed by atoms with Gasteiger partial charge in [0.15, 0.2) is 18.2 Å². The van der Waals surface area contributed by atoms with E-state index < -0.39 is 5.82 Å². The minimum absolute atomic E-state index is 0.0648. The Morgan fingerprint density at radius 3 is 2.74 bits per heavy atom. The molecule has 0 saturated carbocycles. The highest BCUT2D eigenvalue weighted by atomic mass is 19.1. The van der Waals surface area contributed by atoms with Crippen LogP contribution in [0.1, 0.15) is 24.3 Å². The van der Waals surface area contributed by atoms with Gasteiger partial charge in [-0.05, 0) is 24.7 Å². The molecule has 1 heterocycles. The molecule has 2 aromatic rings. The number of hydrogen-bond donors (Lipinski definition) is 1. The molecule has 0 aliphatic rings. The number of aromatic nitrogens is 2. The lowest BCUT2D eigenvalue weighted by atomic mass is 10.2. The summed E-state index contributed by atoms with van der Waals surface area (Å²) in [5.74, 6) is 0.665. The molecule has 1 N–H and O–H groups in total. The fourth-order valence-corrected chi connectivity index (χ4v) is 1.60. The van der Waals surface area contributed by atoms with Crippen molar-refractivity contribution in [3.63, 3.8) is 0 Å². The van der Waals surface area contributed by atoms with E-state index in [2.05, 4.69) is 15.5 Å². The third-order valence-corrected chi connectivity index (χ3v) is 2.54. The zero-order chi connectivity index (χ0) is 13.7. The summed E-state index contributed by atoms with van der Waals surface area (Å²) in [5, 5.41) is 10.6. The van der Waals surface area contributed by atoms with Gasteiger partial charge in [-0.3, -0.25) is 0 Å². The molecule has 6 heteroatoms. The van der Waals surface area contributed by atoms with Gasteiger partial charge < -0.3 is 14.5 Å². The Morgan fingerprint density at radius 2 is 2.11 bits per heavy atom. The van der Waals surface area contributed by atoms with Gasteiger partial charge in [-0.25, -0.2) is 4.39 Å². The van der Waals surface area contributed by atoms with Crippen LogP contribution in [0.2, 0.25) is 0 Å². The zero-order valence-corrected chi connectivity index (χ0v) is 10.9. The molecule has 0 amide bonds. The molecule has 0 saturated heterocycles. The summed E-state index contributed by atoms with van der Waals surface area (Å²) in [4.78, 5) is 0. The lowest BCUT2D eigenvalue weighted by Gasteiger charge is -2.06. The number of halogens is 1. The Kier molecular flexibility index (Phi) is 4.46. The van der Waals surface area contributed by atoms with Crippen LogP contribution in [-0.2, 0) is 19.6 Å². The van der Waals surface area contributed by atoms with E-state index in [1.54, 1.807) is 12.1 Å². The molecule has 0 radical (unpaired) electrons. The topological polar surface area (TPSA) is 60.2 Å². The van der Waals surface area contributed by atoms with Crippen LogP contribution in [-0.4, -0.2) is 17.2 Å². The average Bonchev–Trinajstić information content (AvgIpc) is 2.86. The second-order valence-corrected chi connectivity index (χ2v) is 4.03. The predicted octanol–water partition coefficient (Wildman–Crippen LogP) is 2.07. The summed E-state index contributed by atoms with van der Waals surface area (Å²) in [7, 11) is 1.81. The van der Waals surface area contributed by atoms with Crippen LogP contribution in [0, 0.1) is 5.82 Å². The number of aryl methyl sites for hydroxylation is 1. The molecule has 0 aliphatic carbocycles. The van der Waals surface area contributed by atoms with Gasteiger partial charge in [0, 0.05) is 13.0 Å². The maximum absolute atomic E-state index is 13.7. The normalized spacial score (nSPS) is 10.7. The molecule has 0 aliphatic heterocycles. The minimum Gasteiger partial charge on any atom is -0.481 e. The molecule has 0 bridgehead atoms. The van der Waals surface area contributed by atoms with Gasteiger partial charge in [-0.15, -0.1) is 10.2 Å². The van der Waals surface area contributed by atoms with Crippen molar-refractivity contribution in [1.82, 2.24) is 15.5 Å². The average molecular weight is 265 g/mol. The van der Waals surface area contributed by atoms with Gasteiger partial charge in [0.2, 0.25) is 5.89 Å². The standard InChI is InChI=1S/C13H16FN3O2/c1-3-12-16-17-13(19-12)8-18-11-5-4-9(7-15-2)6-10(11)14/h4-6,15H,3,7-8H2,1-2H3. The Hall–Kier alpha value is -1.95. The maximum atomic E-state index is 13.7. The quantitative estimate of drug-likeness (QED) is 0.866. The van der Waals surface area contributed by atoms with Crippen molar-refractivity contribution in [3.8, 4) is 5.75 Å². The van der Waals surface area contributed by atoms with Crippen molar-refractivity contribution < 1.29 is 13.5 Å². The van der Waals surface area contributed by atoms with Gasteiger partial charge in [-0.1, -0.05) is 13.0 Å². The number of benzene rings is 1. The van der Waals surface area contributed by atoms with E-state index in [0.717, 1.165) is 5.56 Å². The minimum atomic E-state index is -0.400. The second-order valence-electron chi connectivity index (χ2n) is 4.03. The maximum Gasteiger partial charge on any atom is 0.253 e. The predicted molar refractivity (Wildman–Crippen MR) is 67.2 cm³/mol. The lowest BCUT2D eigenvalue weighted by Crippen LogP contribution is -2.05. The summed E-state index contributed by atoms with van der Waals surface area (Å²) in [5.41, 5.74) is 0.860. The zero-order valence-electron chi connectivity index (χ0n) is 10.9. The van der Waals surface area contributed by atoms with E-state index in [1.165, 1.54) is 6.07 Å². The third-order valence-electron chi connectivity index (χ3n) is 2.54. The molecule has 1 aromatic heterocycles. The Labute approximate surface area is 110 Å². The van der Waals surface area contributed by atoms with Crippen molar-refractivity contribution in [2.45, 2.75) is 26.5 Å². The van der Waals surface area contributed by atoms with E-state index >= 15 is 0 Å². The fraction of sp³-hybridized carbons (Fsp3) is 0.385. The molecule has 5 nitrogen and oxygen atoms in total. The molecule has 0 atom stereocenters. The van der Waals surface area contributed by atoms with E-state index in [0.29, 0.717) is 24.7 Å². The number of nitrogens with zero attached hydrogens (tertiary/aromatic N) is 2. The van der Waals surface area contributed by atoms with Crippen LogP contribution in [0.5, 0.6) is 5.75 Å². The summed E-state index contributed by atoms with van der Waals surface area (Å²) >= 11 is 0. The molecule has 0 unspecified atom stereocenters. The largest absolute Gasteiger partial charge is 0.481 e. The van der Waals surface area contributed by atoms with Crippen molar-refractivity contribution in [2.24, 2.45) is 0 Å². The van der Waals surface area contributed by atoms with Gasteiger partial charge in [0.25, 0.3) is 5.89 Å². The molecule has 102 valence electrons. The molecule has 2 rings (SSSR count). The fourth-order valence-electron chi connectivity index (χ4n) is 1.60. The number of nitrogens with one attached hydrogen (secondary N) is 1. The summed E-state index contributed by atoms with van der Waals surface area (Å²) < 4.78 is 24.3. The number of ether oxygens (including phenoxy) is 1. The Bertz CT molecular complexity index is 542. The van der Waals surface area contributed by atoms with E-state index in [9.17, 15) is 4.39 Å². The molecule has 19 heavy (non-hydrogen) atoms. The number of rotatable bonds is 6. The highest BCUT2D eigenvalue weighted by Gasteiger charge is 2.08. The Morgan fingerprint density at radius 1 is 1.32 bits per heavy atom. The molecular weight excluding hydrogens is 249 g/mol. The number of hydrogen-bond acceptors (Lipinski definition) is 5. The first-order valence-corrected chi connectivity index (χ1v) is 6.10. The first-order chi connectivity index (χ1) is 9.22. The van der Waals surface area contributed by atoms with E-state index in [1.807, 2.05) is 14.0 Å². The van der Waals surface area contributed by atoms with Crippen molar-refractivity contribution in [2.75, 3.05) is 7.05 Å². The van der Waals surface area contributed by atoms with Crippen LogP contribution in [0.25, 0.3) is 0 Å². The summed E-state index contributed by atoms with van der Waals surface area (Å²) in [6.07, 6.45) is 0.667. The van der Waals surface area contributed by atoms with E-state index in [-0.39, 0.29) is 12.4 Å². The molecular formula is C13H16FN3O2.